The number of aromatic nitrogens is 2. The molecule has 0 radical (unpaired) electrons. The third kappa shape index (κ3) is 2.66. The normalized spacial score (nSPS) is 28.2. The molecule has 0 spiro atoms. The van der Waals surface area contributed by atoms with Crippen molar-refractivity contribution in [3.63, 3.8) is 0 Å². The van der Waals surface area contributed by atoms with Crippen molar-refractivity contribution in [2.75, 3.05) is 13.1 Å². The van der Waals surface area contributed by atoms with E-state index < -0.39 is 0 Å². The molecule has 4 nitrogen and oxygen atoms in total. The van der Waals surface area contributed by atoms with Gasteiger partial charge in [-0.15, -0.1) is 0 Å². The molecule has 4 heteroatoms. The van der Waals surface area contributed by atoms with Crippen molar-refractivity contribution in [2.24, 2.45) is 0 Å². The van der Waals surface area contributed by atoms with E-state index in [2.05, 4.69) is 28.1 Å². The quantitative estimate of drug-likeness (QED) is 0.896. The average molecular weight is 299 g/mol. The number of hydrogen-bond acceptors (Lipinski definition) is 3. The monoisotopic (exact) mass is 299 g/mol. The zero-order chi connectivity index (χ0) is 14.9. The second-order valence-electron chi connectivity index (χ2n) is 6.87. The van der Waals surface area contributed by atoms with Crippen LogP contribution in [0, 0.1) is 0 Å². The first-order valence-electron chi connectivity index (χ1n) is 8.68. The molecule has 1 saturated heterocycles. The molecule has 118 valence electrons. The lowest BCUT2D eigenvalue weighted by Crippen LogP contribution is -2.48. The topological polar surface area (TPSA) is 52.1 Å². The highest BCUT2D eigenvalue weighted by atomic mass is 16.3. The second-order valence-corrected chi connectivity index (χ2v) is 6.87. The van der Waals surface area contributed by atoms with Crippen molar-refractivity contribution in [1.29, 1.82) is 0 Å². The molecule has 2 fully saturated rings. The predicted octanol–water partition coefficient (Wildman–Crippen LogP) is 3.05. The van der Waals surface area contributed by atoms with Gasteiger partial charge in [-0.3, -0.25) is 4.90 Å². The Morgan fingerprint density at radius 3 is 2.59 bits per heavy atom. The maximum Gasteiger partial charge on any atom is 0.110 e. The smallest absolute Gasteiger partial charge is 0.110 e. The number of rotatable bonds is 2. The van der Waals surface area contributed by atoms with Crippen molar-refractivity contribution < 1.29 is 5.11 Å². The minimum absolute atomic E-state index is 0.114. The van der Waals surface area contributed by atoms with Gasteiger partial charge in [0.1, 0.15) is 5.82 Å². The van der Waals surface area contributed by atoms with Gasteiger partial charge in [-0.05, 0) is 50.9 Å². The zero-order valence-corrected chi connectivity index (χ0v) is 13.0. The van der Waals surface area contributed by atoms with E-state index in [1.807, 2.05) is 6.07 Å². The van der Waals surface area contributed by atoms with E-state index in [0.717, 1.165) is 55.6 Å². The minimum atomic E-state index is -0.114. The van der Waals surface area contributed by atoms with Gasteiger partial charge in [0.05, 0.1) is 17.1 Å². The van der Waals surface area contributed by atoms with Gasteiger partial charge in [0, 0.05) is 12.0 Å². The number of benzene rings is 1. The molecule has 2 atom stereocenters. The largest absolute Gasteiger partial charge is 0.391 e. The molecule has 4 rings (SSSR count). The van der Waals surface area contributed by atoms with Crippen LogP contribution < -0.4 is 0 Å². The summed E-state index contributed by atoms with van der Waals surface area (Å²) >= 11 is 0. The fourth-order valence-corrected chi connectivity index (χ4v) is 4.19. The Hall–Kier alpha value is -1.39. The summed E-state index contributed by atoms with van der Waals surface area (Å²) in [4.78, 5) is 10.8. The van der Waals surface area contributed by atoms with Crippen LogP contribution in [0.15, 0.2) is 24.3 Å². The Bertz CT molecular complexity index is 597. The summed E-state index contributed by atoms with van der Waals surface area (Å²) in [6.07, 6.45) is 6.77. The third-order valence-electron chi connectivity index (χ3n) is 5.49. The van der Waals surface area contributed by atoms with Crippen molar-refractivity contribution in [3.05, 3.63) is 30.1 Å². The van der Waals surface area contributed by atoms with Crippen LogP contribution in [0.2, 0.25) is 0 Å². The first-order valence-corrected chi connectivity index (χ1v) is 8.68. The number of aliphatic hydroxyl groups is 1. The first kappa shape index (κ1) is 14.2. The highest BCUT2D eigenvalue weighted by molar-refractivity contribution is 5.74. The van der Waals surface area contributed by atoms with E-state index >= 15 is 0 Å². The maximum atomic E-state index is 10.2. The van der Waals surface area contributed by atoms with Crippen LogP contribution in [-0.2, 0) is 0 Å². The molecule has 2 aromatic rings. The fraction of sp³-hybridized carbons (Fsp3) is 0.611. The molecule has 1 aromatic heterocycles. The molecule has 2 aliphatic rings. The van der Waals surface area contributed by atoms with E-state index in [0.29, 0.717) is 12.0 Å². The average Bonchev–Trinajstić information content (AvgIpc) is 2.99. The van der Waals surface area contributed by atoms with Gasteiger partial charge < -0.3 is 10.1 Å². The van der Waals surface area contributed by atoms with Crippen molar-refractivity contribution >= 4 is 11.0 Å². The summed E-state index contributed by atoms with van der Waals surface area (Å²) in [5, 5.41) is 10.2. The summed E-state index contributed by atoms with van der Waals surface area (Å²) in [6.45, 7) is 2.17. The van der Waals surface area contributed by atoms with Crippen LogP contribution in [0.4, 0.5) is 0 Å². The molecule has 1 aliphatic carbocycles. The third-order valence-corrected chi connectivity index (χ3v) is 5.49. The number of fused-ring (bicyclic) bond motifs is 1. The molecule has 0 unspecified atom stereocenters. The summed E-state index contributed by atoms with van der Waals surface area (Å²) in [5.74, 6) is 1.68. The number of aromatic amines is 1. The number of aliphatic hydroxyl groups excluding tert-OH is 1. The van der Waals surface area contributed by atoms with E-state index in [4.69, 9.17) is 4.98 Å². The van der Waals surface area contributed by atoms with Crippen LogP contribution in [-0.4, -0.2) is 45.2 Å². The molecule has 2 N–H and O–H groups in total. The van der Waals surface area contributed by atoms with Gasteiger partial charge in [0.15, 0.2) is 0 Å². The Morgan fingerprint density at radius 2 is 1.82 bits per heavy atom. The summed E-state index contributed by atoms with van der Waals surface area (Å²) in [7, 11) is 0. The molecule has 0 amide bonds. The molecule has 22 heavy (non-hydrogen) atoms. The van der Waals surface area contributed by atoms with Crippen LogP contribution >= 0.6 is 0 Å². The number of nitrogens with one attached hydrogen (secondary N) is 1. The zero-order valence-electron chi connectivity index (χ0n) is 13.0. The van der Waals surface area contributed by atoms with Crippen molar-refractivity contribution in [1.82, 2.24) is 14.9 Å². The Balaban J connectivity index is 1.43. The fourth-order valence-electron chi connectivity index (χ4n) is 4.19. The van der Waals surface area contributed by atoms with Gasteiger partial charge in [-0.2, -0.15) is 0 Å². The molecular weight excluding hydrogens is 274 g/mol. The Labute approximate surface area is 131 Å². The van der Waals surface area contributed by atoms with E-state index in [-0.39, 0.29) is 6.10 Å². The van der Waals surface area contributed by atoms with Gasteiger partial charge >= 0.3 is 0 Å². The second kappa shape index (κ2) is 6.01. The van der Waals surface area contributed by atoms with E-state index in [1.165, 1.54) is 12.8 Å². The lowest BCUT2D eigenvalue weighted by molar-refractivity contribution is 0.00839. The van der Waals surface area contributed by atoms with Crippen LogP contribution in [0.5, 0.6) is 0 Å². The van der Waals surface area contributed by atoms with E-state index in [1.54, 1.807) is 0 Å². The molecular formula is C18H25N3O. The lowest BCUT2D eigenvalue weighted by atomic mass is 9.88. The number of H-pyrrole nitrogens is 1. The van der Waals surface area contributed by atoms with Gasteiger partial charge in [0.25, 0.3) is 0 Å². The number of piperidine rings is 1. The van der Waals surface area contributed by atoms with Crippen LogP contribution in [0.1, 0.15) is 50.3 Å². The molecule has 2 heterocycles. The number of para-hydroxylation sites is 2. The molecule has 0 bridgehead atoms. The standard InChI is InChI=1S/C18H25N3O/c22-17-8-4-3-7-16(17)21-11-9-13(10-12-21)18-19-14-5-1-2-6-15(14)20-18/h1-2,5-6,13,16-17,22H,3-4,7-12H2,(H,19,20)/t16-,17-/m1/s1. The van der Waals surface area contributed by atoms with Crippen LogP contribution in [0.3, 0.4) is 0 Å². The first-order chi connectivity index (χ1) is 10.8. The predicted molar refractivity (Wildman–Crippen MR) is 87.9 cm³/mol. The van der Waals surface area contributed by atoms with Crippen molar-refractivity contribution in [2.45, 2.75) is 56.6 Å². The highest BCUT2D eigenvalue weighted by Gasteiger charge is 2.32. The summed E-state index contributed by atoms with van der Waals surface area (Å²) in [5.41, 5.74) is 2.21. The Morgan fingerprint density at radius 1 is 1.05 bits per heavy atom. The van der Waals surface area contributed by atoms with Gasteiger partial charge in [-0.1, -0.05) is 25.0 Å². The van der Waals surface area contributed by atoms with Gasteiger partial charge in [-0.25, -0.2) is 4.98 Å². The number of nitrogens with zero attached hydrogens (tertiary/aromatic N) is 2. The van der Waals surface area contributed by atoms with Crippen LogP contribution in [0.25, 0.3) is 11.0 Å². The number of imidazole rings is 1. The maximum absolute atomic E-state index is 10.2. The molecule has 1 aromatic carbocycles. The van der Waals surface area contributed by atoms with E-state index in [9.17, 15) is 5.11 Å². The van der Waals surface area contributed by atoms with Gasteiger partial charge in [0.2, 0.25) is 0 Å². The minimum Gasteiger partial charge on any atom is -0.391 e. The SMILES string of the molecule is O[C@@H]1CCCC[C@H]1N1CCC(c2nc3ccccc3[nH]2)CC1. The summed E-state index contributed by atoms with van der Waals surface area (Å²) < 4.78 is 0. The molecule has 1 aliphatic heterocycles. The highest BCUT2D eigenvalue weighted by Crippen LogP contribution is 2.31. The number of likely N-dealkylation sites (tertiary alicyclic amines) is 1. The lowest BCUT2D eigenvalue weighted by Gasteiger charge is -2.41. The number of hydrogen-bond donors (Lipinski definition) is 2. The summed E-state index contributed by atoms with van der Waals surface area (Å²) in [6, 6.07) is 8.66. The Kier molecular flexibility index (Phi) is 3.89. The molecule has 1 saturated carbocycles. The van der Waals surface area contributed by atoms with Crippen molar-refractivity contribution in [3.8, 4) is 0 Å².